The molecule has 0 aromatic rings. The molecule has 0 aromatic carbocycles. The van der Waals surface area contributed by atoms with Gasteiger partial charge in [0.25, 0.3) is 0 Å². The Hall–Kier alpha value is -0.650. The van der Waals surface area contributed by atoms with E-state index >= 15 is 0 Å². The number of rotatable bonds is 20. The molecule has 0 radical (unpaired) electrons. The molecule has 5 nitrogen and oxygen atoms in total. The maximum atomic E-state index is 10.3. The molecule has 5 heteroatoms. The molecule has 0 aliphatic heterocycles. The summed E-state index contributed by atoms with van der Waals surface area (Å²) in [4.78, 5) is 10.3. The number of aliphatic carboxylic acids is 1. The number of carbonyl (C=O) groups is 1. The Morgan fingerprint density at radius 1 is 0.750 bits per heavy atom. The first kappa shape index (κ1) is 23.4. The lowest BCUT2D eigenvalue weighted by Gasteiger charge is -2.06. The van der Waals surface area contributed by atoms with E-state index in [1.165, 1.54) is 57.9 Å². The van der Waals surface area contributed by atoms with E-state index in [1.807, 2.05) is 0 Å². The molecule has 0 aliphatic rings. The molecule has 0 fully saturated rings. The normalized spacial score (nSPS) is 11.0. The van der Waals surface area contributed by atoms with Gasteiger partial charge in [0.05, 0.1) is 0 Å². The molecule has 0 saturated heterocycles. The second-order valence-electron chi connectivity index (χ2n) is 6.44. The first-order valence-corrected chi connectivity index (χ1v) is 9.98. The Morgan fingerprint density at radius 2 is 1.29 bits per heavy atom. The van der Waals surface area contributed by atoms with Crippen LogP contribution in [0.3, 0.4) is 0 Å². The lowest BCUT2D eigenvalue weighted by Crippen LogP contribution is -2.19. The van der Waals surface area contributed by atoms with Gasteiger partial charge in [-0.05, 0) is 58.3 Å². The van der Waals surface area contributed by atoms with Crippen LogP contribution in [-0.2, 0) is 9.53 Å². The van der Waals surface area contributed by atoms with Crippen molar-refractivity contribution in [2.75, 3.05) is 39.4 Å². The Kier molecular flexibility index (Phi) is 19.8. The Balaban J connectivity index is 2.97. The molecule has 0 unspecified atom stereocenters. The fraction of sp³-hybridized carbons (Fsp3) is 0.947. The van der Waals surface area contributed by atoms with E-state index < -0.39 is 5.97 Å². The summed E-state index contributed by atoms with van der Waals surface area (Å²) < 4.78 is 5.62. The number of nitrogens with one attached hydrogen (secondary N) is 2. The van der Waals surface area contributed by atoms with Gasteiger partial charge >= 0.3 is 5.97 Å². The van der Waals surface area contributed by atoms with E-state index in [1.54, 1.807) is 0 Å². The average molecular weight is 345 g/mol. The van der Waals surface area contributed by atoms with Crippen molar-refractivity contribution in [3.8, 4) is 0 Å². The molecule has 3 N–H and O–H groups in total. The van der Waals surface area contributed by atoms with Crippen molar-refractivity contribution in [3.05, 3.63) is 0 Å². The van der Waals surface area contributed by atoms with Crippen LogP contribution in [0.1, 0.15) is 77.6 Å². The zero-order valence-corrected chi connectivity index (χ0v) is 15.8. The van der Waals surface area contributed by atoms with Crippen LogP contribution < -0.4 is 10.6 Å². The minimum absolute atomic E-state index is 0.249. The molecule has 144 valence electrons. The summed E-state index contributed by atoms with van der Waals surface area (Å²) in [5.74, 6) is -0.718. The van der Waals surface area contributed by atoms with Crippen molar-refractivity contribution in [3.63, 3.8) is 0 Å². The van der Waals surface area contributed by atoms with Gasteiger partial charge in [0.2, 0.25) is 0 Å². The smallest absolute Gasteiger partial charge is 0.303 e. The van der Waals surface area contributed by atoms with Crippen molar-refractivity contribution in [2.45, 2.75) is 77.6 Å². The van der Waals surface area contributed by atoms with Gasteiger partial charge in [0.15, 0.2) is 0 Å². The van der Waals surface area contributed by atoms with Crippen LogP contribution in [0.15, 0.2) is 0 Å². The van der Waals surface area contributed by atoms with Crippen molar-refractivity contribution >= 4 is 5.97 Å². The van der Waals surface area contributed by atoms with Gasteiger partial charge in [-0.2, -0.15) is 0 Å². The van der Waals surface area contributed by atoms with Crippen molar-refractivity contribution in [2.24, 2.45) is 0 Å². The van der Waals surface area contributed by atoms with Gasteiger partial charge in [-0.3, -0.25) is 4.79 Å². The van der Waals surface area contributed by atoms with Crippen LogP contribution in [0.2, 0.25) is 0 Å². The fourth-order valence-electron chi connectivity index (χ4n) is 2.53. The standard InChI is InChI=1S/C19H40N2O3/c1-2-13-20-14-8-6-4-3-5-7-9-17-24-18-11-16-21-15-10-12-19(22)23/h20-21H,2-18H2,1H3,(H,22,23). The number of carboxylic acid groups (broad SMARTS) is 1. The Bertz CT molecular complexity index is 263. The van der Waals surface area contributed by atoms with Crippen LogP contribution in [0, 0.1) is 0 Å². The summed E-state index contributed by atoms with van der Waals surface area (Å²) >= 11 is 0. The highest BCUT2D eigenvalue weighted by atomic mass is 16.5. The lowest BCUT2D eigenvalue weighted by atomic mass is 10.1. The maximum Gasteiger partial charge on any atom is 0.303 e. The fourth-order valence-corrected chi connectivity index (χ4v) is 2.53. The maximum absolute atomic E-state index is 10.3. The molecule has 0 rings (SSSR count). The zero-order valence-electron chi connectivity index (χ0n) is 15.8. The first-order valence-electron chi connectivity index (χ1n) is 9.98. The summed E-state index contributed by atoms with van der Waals surface area (Å²) in [5.41, 5.74) is 0. The topological polar surface area (TPSA) is 70.6 Å². The molecule has 24 heavy (non-hydrogen) atoms. The van der Waals surface area contributed by atoms with Gasteiger partial charge < -0.3 is 20.5 Å². The molecular weight excluding hydrogens is 304 g/mol. The highest BCUT2D eigenvalue weighted by Gasteiger charge is 1.96. The molecule has 0 spiro atoms. The molecule has 0 saturated carbocycles. The van der Waals surface area contributed by atoms with E-state index in [4.69, 9.17) is 9.84 Å². The third-order valence-corrected chi connectivity index (χ3v) is 3.96. The third kappa shape index (κ3) is 21.4. The van der Waals surface area contributed by atoms with Crippen molar-refractivity contribution in [1.29, 1.82) is 0 Å². The van der Waals surface area contributed by atoms with Crippen LogP contribution >= 0.6 is 0 Å². The second-order valence-corrected chi connectivity index (χ2v) is 6.44. The first-order chi connectivity index (χ1) is 11.8. The van der Waals surface area contributed by atoms with E-state index in [-0.39, 0.29) is 6.42 Å². The van der Waals surface area contributed by atoms with Gasteiger partial charge in [0.1, 0.15) is 0 Å². The molecule has 0 amide bonds. The summed E-state index contributed by atoms with van der Waals surface area (Å²) in [6.07, 6.45) is 12.3. The molecule has 0 heterocycles. The van der Waals surface area contributed by atoms with E-state index in [0.717, 1.165) is 39.3 Å². The molecule has 0 atom stereocenters. The van der Waals surface area contributed by atoms with Gasteiger partial charge in [-0.15, -0.1) is 0 Å². The number of unbranched alkanes of at least 4 members (excludes halogenated alkanes) is 6. The molecule has 0 bridgehead atoms. The number of ether oxygens (including phenoxy) is 1. The number of hydrogen-bond acceptors (Lipinski definition) is 4. The molecule has 0 aliphatic carbocycles. The second kappa shape index (κ2) is 20.4. The summed E-state index contributed by atoms with van der Waals surface area (Å²) in [7, 11) is 0. The van der Waals surface area contributed by atoms with E-state index in [0.29, 0.717) is 6.42 Å². The molecular formula is C19H40N2O3. The predicted molar refractivity (Wildman–Crippen MR) is 101 cm³/mol. The van der Waals surface area contributed by atoms with Crippen molar-refractivity contribution in [1.82, 2.24) is 10.6 Å². The predicted octanol–water partition coefficient (Wildman–Crippen LogP) is 3.58. The largest absolute Gasteiger partial charge is 0.481 e. The van der Waals surface area contributed by atoms with Gasteiger partial charge in [0, 0.05) is 19.6 Å². The molecule has 0 aromatic heterocycles. The SMILES string of the molecule is CCCNCCCCCCCCCOCCCNCCCC(=O)O. The highest BCUT2D eigenvalue weighted by Crippen LogP contribution is 2.07. The summed E-state index contributed by atoms with van der Waals surface area (Å²) in [6, 6.07) is 0. The highest BCUT2D eigenvalue weighted by molar-refractivity contribution is 5.66. The van der Waals surface area contributed by atoms with Crippen LogP contribution in [0.5, 0.6) is 0 Å². The third-order valence-electron chi connectivity index (χ3n) is 3.96. The zero-order chi connectivity index (χ0) is 17.7. The minimum Gasteiger partial charge on any atom is -0.481 e. The monoisotopic (exact) mass is 344 g/mol. The van der Waals surface area contributed by atoms with Crippen LogP contribution in [-0.4, -0.2) is 50.5 Å². The average Bonchev–Trinajstić information content (AvgIpc) is 2.56. The Labute approximate surface area is 148 Å². The number of hydrogen-bond donors (Lipinski definition) is 3. The van der Waals surface area contributed by atoms with Gasteiger partial charge in [-0.1, -0.05) is 39.0 Å². The van der Waals surface area contributed by atoms with Gasteiger partial charge in [-0.25, -0.2) is 0 Å². The summed E-state index contributed by atoms with van der Waals surface area (Å²) in [5, 5.41) is 15.2. The lowest BCUT2D eigenvalue weighted by molar-refractivity contribution is -0.137. The van der Waals surface area contributed by atoms with Crippen LogP contribution in [0.25, 0.3) is 0 Å². The summed E-state index contributed by atoms with van der Waals surface area (Å²) in [6.45, 7) is 7.90. The van der Waals surface area contributed by atoms with E-state index in [9.17, 15) is 4.79 Å². The number of carboxylic acids is 1. The quantitative estimate of drug-likeness (QED) is 0.295. The van der Waals surface area contributed by atoms with Crippen LogP contribution in [0.4, 0.5) is 0 Å². The van der Waals surface area contributed by atoms with Crippen molar-refractivity contribution < 1.29 is 14.6 Å². The Morgan fingerprint density at radius 3 is 2.00 bits per heavy atom. The minimum atomic E-state index is -0.718. The van der Waals surface area contributed by atoms with E-state index in [2.05, 4.69) is 17.6 Å².